The molecule has 61 heavy (non-hydrogen) atoms. The maximum atomic E-state index is 13.9. The highest BCUT2D eigenvalue weighted by Crippen LogP contribution is 2.44. The summed E-state index contributed by atoms with van der Waals surface area (Å²) in [6.45, 7) is 20.5. The zero-order valence-electron chi connectivity index (χ0n) is 37.6. The number of aryl methyl sites for hydroxylation is 2. The van der Waals surface area contributed by atoms with Gasteiger partial charge in [-0.3, -0.25) is 9.97 Å². The number of pyridine rings is 2. The van der Waals surface area contributed by atoms with E-state index in [0.29, 0.717) is 6.61 Å². The fourth-order valence-electron chi connectivity index (χ4n) is 8.81. The normalized spacial score (nSPS) is 13.7. The van der Waals surface area contributed by atoms with Crippen LogP contribution >= 0.6 is 0 Å². The molecule has 318 valence electrons. The molecule has 0 unspecified atom stereocenters. The highest BCUT2D eigenvalue weighted by Gasteiger charge is 2.38. The zero-order valence-corrected chi connectivity index (χ0v) is 38.6. The maximum absolute atomic E-state index is 13.9. The fraction of sp³-hybridized carbons (Fsp3) is 0.370. The van der Waals surface area contributed by atoms with E-state index in [1.54, 1.807) is 12.1 Å². The largest absolute Gasteiger partial charge is 0.412 e. The summed E-state index contributed by atoms with van der Waals surface area (Å²) >= 11 is 0. The van der Waals surface area contributed by atoms with Crippen molar-refractivity contribution >= 4 is 8.32 Å². The molecule has 1 N–H and O–H groups in total. The molecule has 0 atom stereocenters. The average Bonchev–Trinajstić information content (AvgIpc) is 3.54. The average molecular weight is 837 g/mol. The van der Waals surface area contributed by atoms with Gasteiger partial charge in [-0.05, 0) is 137 Å². The number of fused-ring (bicyclic) bond motifs is 6. The lowest BCUT2D eigenvalue weighted by Crippen LogP contribution is -2.40. The molecular formula is C54H62F2N2O2Si. The first-order valence-corrected chi connectivity index (χ1v) is 25.0. The van der Waals surface area contributed by atoms with Gasteiger partial charge in [0.25, 0.3) is 0 Å². The van der Waals surface area contributed by atoms with Crippen molar-refractivity contribution in [3.05, 3.63) is 153 Å². The van der Waals surface area contributed by atoms with E-state index in [2.05, 4.69) is 110 Å². The van der Waals surface area contributed by atoms with Crippen LogP contribution in [0, 0.1) is 11.6 Å². The molecule has 2 heterocycles. The Morgan fingerprint density at radius 1 is 0.607 bits per heavy atom. The van der Waals surface area contributed by atoms with Crippen molar-refractivity contribution in [1.82, 2.24) is 9.97 Å². The zero-order chi connectivity index (χ0) is 43.6. The lowest BCUT2D eigenvalue weighted by molar-refractivity contribution is 0.274. The summed E-state index contributed by atoms with van der Waals surface area (Å²) in [7, 11) is -1.97. The van der Waals surface area contributed by atoms with Gasteiger partial charge in [0.2, 0.25) is 0 Å². The number of nitrogens with zero attached hydrogens (tertiary/aromatic N) is 2. The van der Waals surface area contributed by atoms with Crippen LogP contribution in [0.3, 0.4) is 0 Å². The van der Waals surface area contributed by atoms with Gasteiger partial charge in [-0.2, -0.15) is 0 Å². The Bertz CT molecular complexity index is 2500. The Morgan fingerprint density at radius 2 is 1.02 bits per heavy atom. The van der Waals surface area contributed by atoms with Crippen LogP contribution in [0.4, 0.5) is 8.78 Å². The van der Waals surface area contributed by atoms with E-state index in [9.17, 15) is 13.9 Å². The van der Waals surface area contributed by atoms with Crippen molar-refractivity contribution in [2.45, 2.75) is 130 Å². The number of benzene rings is 4. The first-order valence-electron chi connectivity index (χ1n) is 22.1. The summed E-state index contributed by atoms with van der Waals surface area (Å²) in [4.78, 5) is 10.4. The van der Waals surface area contributed by atoms with Crippen LogP contribution in [0.25, 0.3) is 44.8 Å². The molecule has 0 fully saturated rings. The van der Waals surface area contributed by atoms with Crippen LogP contribution in [0.2, 0.25) is 18.1 Å². The Balaban J connectivity index is 0.000000189. The van der Waals surface area contributed by atoms with Crippen molar-refractivity contribution in [1.29, 1.82) is 0 Å². The maximum Gasteiger partial charge on any atom is 0.192 e. The predicted molar refractivity (Wildman–Crippen MR) is 250 cm³/mol. The number of hydrogen-bond donors (Lipinski definition) is 1. The molecule has 2 aliphatic rings. The standard InChI is InChI=1S/C30H38FNOSi.C24H24FNO/c1-20(2)28-26(19-33-34(6,7)30(3,4)5)27(22-15-17-23(31)18-16-22)25-14-10-12-21-11-8-9-13-24(21)29(25)32-28;1-15(2)23-21(14-27)22(17-10-12-18(25)13-11-17)20-9-5-7-16-6-3-4-8-19(16)24(20)26-23/h8-9,11,13,15-18,20H,10,12,14,19H2,1-7H3;3-4,6,8,10-13,15,27H,5,7,9,14H2,1-2H3. The van der Waals surface area contributed by atoms with Gasteiger partial charge in [-0.15, -0.1) is 0 Å². The summed E-state index contributed by atoms with van der Waals surface area (Å²) in [6.07, 6.45) is 6.02. The van der Waals surface area contributed by atoms with Gasteiger partial charge in [-0.1, -0.05) is 121 Å². The van der Waals surface area contributed by atoms with E-state index in [4.69, 9.17) is 14.4 Å². The van der Waals surface area contributed by atoms with Crippen molar-refractivity contribution in [3.8, 4) is 44.8 Å². The van der Waals surface area contributed by atoms with Gasteiger partial charge in [0.05, 0.1) is 24.6 Å². The minimum atomic E-state index is -1.97. The topological polar surface area (TPSA) is 55.2 Å². The van der Waals surface area contributed by atoms with E-state index in [0.717, 1.165) is 83.6 Å². The van der Waals surface area contributed by atoms with E-state index >= 15 is 0 Å². The predicted octanol–water partition coefficient (Wildman–Crippen LogP) is 14.3. The Labute approximate surface area is 363 Å². The molecule has 0 saturated carbocycles. The third-order valence-electron chi connectivity index (χ3n) is 13.1. The van der Waals surface area contributed by atoms with Crippen molar-refractivity contribution in [2.24, 2.45) is 0 Å². The summed E-state index contributed by atoms with van der Waals surface area (Å²) in [6, 6.07) is 30.7. The molecule has 7 heteroatoms. The second kappa shape index (κ2) is 18.3. The molecule has 0 amide bonds. The molecule has 4 aromatic carbocycles. The summed E-state index contributed by atoms with van der Waals surface area (Å²) in [5.41, 5.74) is 17.9. The number of aliphatic hydroxyl groups excluding tert-OH is 1. The van der Waals surface area contributed by atoms with Crippen molar-refractivity contribution < 1.29 is 18.3 Å². The molecule has 0 spiro atoms. The van der Waals surface area contributed by atoms with E-state index < -0.39 is 8.32 Å². The SMILES string of the molecule is CC(C)c1nc2c(c(-c3ccc(F)cc3)c1CO)CCCc1ccccc1-2.CC(C)c1nc2c(c(-c3ccc(F)cc3)c1CO[Si](C)(C)C(C)(C)C)CCCc1ccccc1-2. The summed E-state index contributed by atoms with van der Waals surface area (Å²) in [5.74, 6) is -0.0266. The van der Waals surface area contributed by atoms with Gasteiger partial charge in [0.1, 0.15) is 11.6 Å². The molecule has 0 radical (unpaired) electrons. The van der Waals surface area contributed by atoms with Crippen LogP contribution in [-0.2, 0) is 43.3 Å². The summed E-state index contributed by atoms with van der Waals surface area (Å²) < 4.78 is 34.2. The van der Waals surface area contributed by atoms with Crippen LogP contribution < -0.4 is 0 Å². The van der Waals surface area contributed by atoms with Crippen molar-refractivity contribution in [3.63, 3.8) is 0 Å². The van der Waals surface area contributed by atoms with Crippen molar-refractivity contribution in [2.75, 3.05) is 0 Å². The van der Waals surface area contributed by atoms with Gasteiger partial charge < -0.3 is 9.53 Å². The number of rotatable bonds is 8. The quantitative estimate of drug-likeness (QED) is 0.155. The molecule has 0 saturated heterocycles. The van der Waals surface area contributed by atoms with Crippen LogP contribution in [0.1, 0.15) is 118 Å². The third kappa shape index (κ3) is 9.21. The molecule has 8 rings (SSSR count). The molecule has 2 aliphatic carbocycles. The fourth-order valence-corrected chi connectivity index (χ4v) is 9.75. The lowest BCUT2D eigenvalue weighted by atomic mass is 9.87. The lowest BCUT2D eigenvalue weighted by Gasteiger charge is -2.37. The minimum Gasteiger partial charge on any atom is -0.412 e. The van der Waals surface area contributed by atoms with E-state index in [-0.39, 0.29) is 35.1 Å². The van der Waals surface area contributed by atoms with Gasteiger partial charge in [-0.25, -0.2) is 8.78 Å². The molecule has 2 aromatic heterocycles. The van der Waals surface area contributed by atoms with E-state index in [1.807, 2.05) is 24.3 Å². The number of halogens is 2. The van der Waals surface area contributed by atoms with Gasteiger partial charge in [0.15, 0.2) is 8.32 Å². The smallest absolute Gasteiger partial charge is 0.192 e. The second-order valence-electron chi connectivity index (χ2n) is 18.9. The number of aliphatic hydroxyl groups is 1. The van der Waals surface area contributed by atoms with Crippen LogP contribution in [-0.4, -0.2) is 23.4 Å². The van der Waals surface area contributed by atoms with Gasteiger partial charge in [0, 0.05) is 33.6 Å². The Hall–Kier alpha value is -4.82. The number of aromatic nitrogens is 2. The molecule has 4 nitrogen and oxygen atoms in total. The Morgan fingerprint density at radius 3 is 1.43 bits per heavy atom. The molecule has 0 aliphatic heterocycles. The highest BCUT2D eigenvalue weighted by molar-refractivity contribution is 6.74. The van der Waals surface area contributed by atoms with Gasteiger partial charge >= 0.3 is 0 Å². The van der Waals surface area contributed by atoms with Crippen LogP contribution in [0.5, 0.6) is 0 Å². The minimum absolute atomic E-state index is 0.0673. The Kier molecular flexibility index (Phi) is 13.2. The van der Waals surface area contributed by atoms with Crippen LogP contribution in [0.15, 0.2) is 97.1 Å². The third-order valence-corrected chi connectivity index (χ3v) is 17.5. The number of hydrogen-bond acceptors (Lipinski definition) is 4. The second-order valence-corrected chi connectivity index (χ2v) is 23.7. The molecule has 6 aromatic rings. The first-order chi connectivity index (χ1) is 29.1. The first kappa shape index (κ1) is 44.2. The molecule has 0 bridgehead atoms. The summed E-state index contributed by atoms with van der Waals surface area (Å²) in [5, 5.41) is 10.3. The van der Waals surface area contributed by atoms with E-state index in [1.165, 1.54) is 56.6 Å². The monoisotopic (exact) mass is 836 g/mol. The highest BCUT2D eigenvalue weighted by atomic mass is 28.4. The molecular weight excluding hydrogens is 775 g/mol.